The monoisotopic (exact) mass is 519 g/mol. The first-order valence-corrected chi connectivity index (χ1v) is 16.1. The van der Waals surface area contributed by atoms with E-state index in [0.29, 0.717) is 18.0 Å². The molecule has 0 unspecified atom stereocenters. The maximum absolute atomic E-state index is 12.9. The number of benzene rings is 3. The molecule has 4 nitrogen and oxygen atoms in total. The molecule has 6 heteroatoms. The molecular weight excluding hydrogens is 482 g/mol. The predicted octanol–water partition coefficient (Wildman–Crippen LogP) is 5.71. The Morgan fingerprint density at radius 2 is 1.33 bits per heavy atom. The van der Waals surface area contributed by atoms with Gasteiger partial charge in [-0.25, -0.2) is 8.42 Å². The highest BCUT2D eigenvalue weighted by Crippen LogP contribution is 2.37. The molecule has 0 amide bonds. The summed E-state index contributed by atoms with van der Waals surface area (Å²) in [7, 11) is -5.97. The van der Waals surface area contributed by atoms with Gasteiger partial charge in [0.05, 0.1) is 4.90 Å². The van der Waals surface area contributed by atoms with E-state index in [1.807, 2.05) is 12.3 Å². The fourth-order valence-corrected chi connectivity index (χ4v) is 11.1. The van der Waals surface area contributed by atoms with E-state index in [1.54, 1.807) is 24.3 Å². The maximum Gasteiger partial charge on any atom is 0.263 e. The smallest absolute Gasteiger partial charge is 0.263 e. The van der Waals surface area contributed by atoms with Crippen LogP contribution in [0, 0.1) is 0 Å². The fourth-order valence-electron chi connectivity index (χ4n) is 5.13. The average molecular weight is 520 g/mol. The van der Waals surface area contributed by atoms with E-state index in [-0.39, 0.29) is 5.04 Å². The van der Waals surface area contributed by atoms with Gasteiger partial charge < -0.3 is 4.43 Å². The second kappa shape index (κ2) is 11.2. The number of sulfonamides is 1. The van der Waals surface area contributed by atoms with Gasteiger partial charge in [0.1, 0.15) is 0 Å². The van der Waals surface area contributed by atoms with Crippen molar-refractivity contribution >= 4 is 28.7 Å². The summed E-state index contributed by atoms with van der Waals surface area (Å²) in [6, 6.07) is 30.1. The first kappa shape index (κ1) is 26.4. The number of hydrogen-bond donors (Lipinski definition) is 0. The van der Waals surface area contributed by atoms with Crippen LogP contribution in [0.1, 0.15) is 46.5 Å². The summed E-state index contributed by atoms with van der Waals surface area (Å²) < 4.78 is 34.3. The molecule has 0 N–H and O–H groups in total. The van der Waals surface area contributed by atoms with Crippen LogP contribution in [0.2, 0.25) is 5.04 Å². The normalized spacial score (nSPS) is 14.6. The Balaban J connectivity index is 1.42. The van der Waals surface area contributed by atoms with Crippen molar-refractivity contribution in [3.63, 3.8) is 0 Å². The molecule has 0 spiro atoms. The number of hydrogen-bond acceptors (Lipinski definition) is 3. The molecule has 0 atom stereocenters. The van der Waals surface area contributed by atoms with Crippen molar-refractivity contribution < 1.29 is 12.8 Å². The van der Waals surface area contributed by atoms with Gasteiger partial charge in [0, 0.05) is 19.4 Å². The molecule has 0 saturated carbocycles. The highest BCUT2D eigenvalue weighted by atomic mass is 32.2. The van der Waals surface area contributed by atoms with Gasteiger partial charge in [-0.2, -0.15) is 0 Å². The molecule has 4 rings (SSSR count). The molecule has 3 aromatic carbocycles. The molecule has 1 aliphatic heterocycles. The SMILES string of the molecule is CC(C)(C)[Si](OCCCCC1=CN(S(=O)(=O)c2ccccc2)CC1)(c1ccccc1)c1ccccc1. The van der Waals surface area contributed by atoms with Crippen molar-refractivity contribution in [2.24, 2.45) is 0 Å². The second-order valence-electron chi connectivity index (χ2n) is 10.4. The first-order chi connectivity index (χ1) is 17.2. The largest absolute Gasteiger partial charge is 0.407 e. The van der Waals surface area contributed by atoms with Gasteiger partial charge in [0.25, 0.3) is 18.3 Å². The van der Waals surface area contributed by atoms with E-state index in [9.17, 15) is 8.42 Å². The van der Waals surface area contributed by atoms with Crippen molar-refractivity contribution in [2.45, 2.75) is 56.4 Å². The number of rotatable bonds is 10. The van der Waals surface area contributed by atoms with Crippen LogP contribution in [0.25, 0.3) is 0 Å². The zero-order valence-corrected chi connectivity index (χ0v) is 23.4. The summed E-state index contributed by atoms with van der Waals surface area (Å²) in [5.41, 5.74) is 1.19. The quantitative estimate of drug-likeness (QED) is 0.255. The fraction of sp³-hybridized carbons (Fsp3) is 0.333. The standard InChI is InChI=1S/C30H37NO3SSi/c1-30(2,3)36(28-18-9-5-10-19-28,29-20-11-6-12-21-29)34-24-14-13-15-26-22-23-31(25-26)35(32,33)27-16-7-4-8-17-27/h4-12,16-21,25H,13-15,22-24H2,1-3H3. The lowest BCUT2D eigenvalue weighted by Gasteiger charge is -2.43. The summed E-state index contributed by atoms with van der Waals surface area (Å²) in [5.74, 6) is 0. The van der Waals surface area contributed by atoms with Gasteiger partial charge in [-0.1, -0.05) is 105 Å². The lowest BCUT2D eigenvalue weighted by molar-refractivity contribution is 0.288. The van der Waals surface area contributed by atoms with Gasteiger partial charge in [-0.3, -0.25) is 4.31 Å². The van der Waals surface area contributed by atoms with E-state index in [2.05, 4.69) is 81.4 Å². The van der Waals surface area contributed by atoms with Crippen LogP contribution in [-0.2, 0) is 14.4 Å². The molecule has 0 fully saturated rings. The zero-order valence-electron chi connectivity index (χ0n) is 21.6. The number of unbranched alkanes of at least 4 members (excludes halogenated alkanes) is 1. The molecule has 1 heterocycles. The third kappa shape index (κ3) is 5.51. The van der Waals surface area contributed by atoms with E-state index < -0.39 is 18.3 Å². The van der Waals surface area contributed by atoms with Crippen LogP contribution < -0.4 is 10.4 Å². The summed E-state index contributed by atoms with van der Waals surface area (Å²) in [6.45, 7) is 8.09. The predicted molar refractivity (Wildman–Crippen MR) is 150 cm³/mol. The lowest BCUT2D eigenvalue weighted by Crippen LogP contribution is -2.66. The minimum atomic E-state index is -3.47. The van der Waals surface area contributed by atoms with Crippen LogP contribution in [0.5, 0.6) is 0 Å². The van der Waals surface area contributed by atoms with Crippen LogP contribution in [0.4, 0.5) is 0 Å². The van der Waals surface area contributed by atoms with Gasteiger partial charge in [-0.05, 0) is 53.2 Å². The Kier molecular flexibility index (Phi) is 8.18. The van der Waals surface area contributed by atoms with Crippen molar-refractivity contribution in [1.82, 2.24) is 4.31 Å². The van der Waals surface area contributed by atoms with Crippen LogP contribution in [-0.4, -0.2) is 34.2 Å². The van der Waals surface area contributed by atoms with Gasteiger partial charge in [0.2, 0.25) is 0 Å². The third-order valence-corrected chi connectivity index (χ3v) is 13.8. The summed E-state index contributed by atoms with van der Waals surface area (Å²) in [4.78, 5) is 0.348. The van der Waals surface area contributed by atoms with E-state index in [4.69, 9.17) is 4.43 Å². The third-order valence-electron chi connectivity index (χ3n) is 6.96. The van der Waals surface area contributed by atoms with E-state index in [0.717, 1.165) is 25.7 Å². The Bertz CT molecular complexity index is 1210. The molecule has 0 bridgehead atoms. The second-order valence-corrected chi connectivity index (χ2v) is 16.6. The summed E-state index contributed by atoms with van der Waals surface area (Å²) >= 11 is 0. The Morgan fingerprint density at radius 1 is 0.806 bits per heavy atom. The molecular formula is C30H37NO3SSi. The van der Waals surface area contributed by atoms with Crippen LogP contribution in [0.15, 0.2) is 108 Å². The van der Waals surface area contributed by atoms with Gasteiger partial charge in [-0.15, -0.1) is 0 Å². The molecule has 0 saturated heterocycles. The van der Waals surface area contributed by atoms with Gasteiger partial charge in [0.15, 0.2) is 0 Å². The van der Waals surface area contributed by atoms with Crippen molar-refractivity contribution in [1.29, 1.82) is 0 Å². The number of nitrogens with zero attached hydrogens (tertiary/aromatic N) is 1. The Labute approximate surface area is 217 Å². The van der Waals surface area contributed by atoms with Crippen molar-refractivity contribution in [3.8, 4) is 0 Å². The molecule has 0 radical (unpaired) electrons. The lowest BCUT2D eigenvalue weighted by atomic mass is 10.1. The average Bonchev–Trinajstić information content (AvgIpc) is 3.37. The topological polar surface area (TPSA) is 46.6 Å². The van der Waals surface area contributed by atoms with E-state index in [1.165, 1.54) is 20.3 Å². The first-order valence-electron chi connectivity index (χ1n) is 12.8. The zero-order chi connectivity index (χ0) is 25.7. The minimum absolute atomic E-state index is 0.0318. The molecule has 1 aliphatic rings. The maximum atomic E-state index is 12.9. The Hall–Kier alpha value is -2.67. The van der Waals surface area contributed by atoms with Crippen LogP contribution in [0.3, 0.4) is 0 Å². The molecule has 190 valence electrons. The molecule has 3 aromatic rings. The highest BCUT2D eigenvalue weighted by Gasteiger charge is 2.49. The highest BCUT2D eigenvalue weighted by molar-refractivity contribution is 7.89. The van der Waals surface area contributed by atoms with E-state index >= 15 is 0 Å². The Morgan fingerprint density at radius 3 is 1.86 bits per heavy atom. The van der Waals surface area contributed by atoms with Crippen molar-refractivity contribution in [3.05, 3.63) is 103 Å². The molecule has 36 heavy (non-hydrogen) atoms. The minimum Gasteiger partial charge on any atom is -0.407 e. The van der Waals surface area contributed by atoms with Crippen LogP contribution >= 0.6 is 0 Å². The molecule has 0 aliphatic carbocycles. The summed E-state index contributed by atoms with van der Waals surface area (Å²) in [6.07, 6.45) is 5.44. The van der Waals surface area contributed by atoms with Gasteiger partial charge >= 0.3 is 0 Å². The summed E-state index contributed by atoms with van der Waals surface area (Å²) in [5, 5.41) is 2.56. The van der Waals surface area contributed by atoms with Crippen molar-refractivity contribution in [2.75, 3.05) is 13.2 Å². The molecule has 0 aromatic heterocycles.